The molecule has 1 fully saturated rings. The fourth-order valence-electron chi connectivity index (χ4n) is 2.69. The van der Waals surface area contributed by atoms with E-state index in [1.54, 1.807) is 22.2 Å². The molecule has 0 aromatic carbocycles. The number of rotatable bonds is 3. The highest BCUT2D eigenvalue weighted by Crippen LogP contribution is 2.12. The number of amides is 1. The van der Waals surface area contributed by atoms with Crippen molar-refractivity contribution in [3.05, 3.63) is 34.3 Å². The number of carbonyl (C=O) groups is 1. The predicted octanol–water partition coefficient (Wildman–Crippen LogP) is 1.21. The van der Waals surface area contributed by atoms with Crippen molar-refractivity contribution in [3.63, 3.8) is 0 Å². The number of hydrogen-bond donors (Lipinski definition) is 1. The van der Waals surface area contributed by atoms with Crippen LogP contribution in [0.5, 0.6) is 0 Å². The van der Waals surface area contributed by atoms with E-state index in [-0.39, 0.29) is 5.91 Å². The number of thiophene rings is 1. The van der Waals surface area contributed by atoms with Gasteiger partial charge in [0.05, 0.1) is 12.7 Å². The summed E-state index contributed by atoms with van der Waals surface area (Å²) in [7, 11) is 0. The molecule has 1 aliphatic heterocycles. The largest absolute Gasteiger partial charge is 0.334 e. The monoisotopic (exact) mass is 305 g/mol. The van der Waals surface area contributed by atoms with Gasteiger partial charge in [-0.1, -0.05) is 11.3 Å². The van der Waals surface area contributed by atoms with E-state index in [1.165, 1.54) is 4.88 Å². The fraction of sp³-hybridized carbons (Fsp3) is 0.500. The van der Waals surface area contributed by atoms with Gasteiger partial charge in [-0.3, -0.25) is 4.79 Å². The molecule has 3 rings (SSSR count). The third-order valence-electron chi connectivity index (χ3n) is 3.50. The lowest BCUT2D eigenvalue weighted by molar-refractivity contribution is 0.0667. The van der Waals surface area contributed by atoms with Crippen molar-refractivity contribution >= 4 is 17.2 Å². The predicted molar refractivity (Wildman–Crippen MR) is 81.4 cm³/mol. The van der Waals surface area contributed by atoms with Gasteiger partial charge in [-0.05, 0) is 25.3 Å². The highest BCUT2D eigenvalue weighted by atomic mass is 32.1. The highest BCUT2D eigenvalue weighted by Gasteiger charge is 2.27. The van der Waals surface area contributed by atoms with Crippen LogP contribution in [-0.2, 0) is 6.54 Å². The average Bonchev–Trinajstić information content (AvgIpc) is 3.09. The zero-order valence-corrected chi connectivity index (χ0v) is 13.0. The van der Waals surface area contributed by atoms with Crippen LogP contribution in [-0.4, -0.2) is 51.0 Å². The molecule has 0 spiro atoms. The van der Waals surface area contributed by atoms with Crippen molar-refractivity contribution in [2.75, 3.05) is 13.1 Å². The molecule has 2 aromatic rings. The number of aromatic nitrogens is 3. The summed E-state index contributed by atoms with van der Waals surface area (Å²) >= 11 is 1.67. The number of nitrogens with one attached hydrogen (secondary N) is 1. The van der Waals surface area contributed by atoms with E-state index in [1.807, 2.05) is 22.4 Å². The molecule has 0 saturated carbocycles. The van der Waals surface area contributed by atoms with E-state index in [4.69, 9.17) is 0 Å². The lowest BCUT2D eigenvalue weighted by atomic mass is 10.1. The van der Waals surface area contributed by atoms with E-state index in [9.17, 15) is 4.79 Å². The van der Waals surface area contributed by atoms with Gasteiger partial charge in [-0.15, -0.1) is 16.4 Å². The number of carbonyl (C=O) groups excluding carboxylic acids is 1. The van der Waals surface area contributed by atoms with Gasteiger partial charge in [-0.2, -0.15) is 0 Å². The lowest BCUT2D eigenvalue weighted by Gasteiger charge is -2.35. The third kappa shape index (κ3) is 3.30. The Balaban J connectivity index is 1.69. The molecule has 2 unspecified atom stereocenters. The Morgan fingerprint density at radius 3 is 2.86 bits per heavy atom. The minimum absolute atomic E-state index is 0.0346. The first kappa shape index (κ1) is 14.2. The van der Waals surface area contributed by atoms with Crippen molar-refractivity contribution in [2.45, 2.75) is 32.5 Å². The molecular weight excluding hydrogens is 286 g/mol. The van der Waals surface area contributed by atoms with Crippen LogP contribution in [0.1, 0.15) is 29.2 Å². The second kappa shape index (κ2) is 5.95. The summed E-state index contributed by atoms with van der Waals surface area (Å²) in [6.45, 7) is 6.25. The van der Waals surface area contributed by atoms with E-state index in [0.717, 1.165) is 0 Å². The van der Waals surface area contributed by atoms with Gasteiger partial charge in [0.25, 0.3) is 5.91 Å². The lowest BCUT2D eigenvalue weighted by Crippen LogP contribution is -2.55. The number of hydrogen-bond acceptors (Lipinski definition) is 5. The van der Waals surface area contributed by atoms with Crippen LogP contribution < -0.4 is 5.32 Å². The zero-order chi connectivity index (χ0) is 14.8. The first-order chi connectivity index (χ1) is 10.1. The van der Waals surface area contributed by atoms with Gasteiger partial charge < -0.3 is 10.2 Å². The molecule has 1 saturated heterocycles. The van der Waals surface area contributed by atoms with Crippen molar-refractivity contribution in [3.8, 4) is 0 Å². The second-order valence-electron chi connectivity index (χ2n) is 5.56. The normalized spacial score (nSPS) is 22.5. The summed E-state index contributed by atoms with van der Waals surface area (Å²) in [6.07, 6.45) is 1.74. The minimum Gasteiger partial charge on any atom is -0.334 e. The van der Waals surface area contributed by atoms with Crippen LogP contribution in [0.25, 0.3) is 0 Å². The van der Waals surface area contributed by atoms with E-state index in [2.05, 4.69) is 29.5 Å². The van der Waals surface area contributed by atoms with E-state index < -0.39 is 0 Å². The van der Waals surface area contributed by atoms with Crippen LogP contribution in [0.4, 0.5) is 0 Å². The summed E-state index contributed by atoms with van der Waals surface area (Å²) in [6, 6.07) is 4.66. The summed E-state index contributed by atoms with van der Waals surface area (Å²) in [5.41, 5.74) is 0.424. The first-order valence-corrected chi connectivity index (χ1v) is 7.97. The Morgan fingerprint density at radius 1 is 1.43 bits per heavy atom. The molecule has 21 heavy (non-hydrogen) atoms. The van der Waals surface area contributed by atoms with Crippen LogP contribution >= 0.6 is 11.3 Å². The maximum Gasteiger partial charge on any atom is 0.276 e. The molecule has 6 nitrogen and oxygen atoms in total. The van der Waals surface area contributed by atoms with Gasteiger partial charge in [0.1, 0.15) is 0 Å². The standard InChI is InChI=1S/C14H19N5OS/c1-10-6-18(7-11(2)15-10)14(20)13-9-19(17-16-13)8-12-4-3-5-21-12/h3-5,9-11,15H,6-8H2,1-2H3. The molecule has 112 valence electrons. The van der Waals surface area contributed by atoms with Crippen LogP contribution in [0.3, 0.4) is 0 Å². The van der Waals surface area contributed by atoms with Gasteiger partial charge in [0.2, 0.25) is 0 Å². The van der Waals surface area contributed by atoms with Crippen LogP contribution in [0.15, 0.2) is 23.7 Å². The SMILES string of the molecule is CC1CN(C(=O)c2cn(Cc3cccs3)nn2)CC(C)N1. The molecule has 1 amide bonds. The van der Waals surface area contributed by atoms with Crippen molar-refractivity contribution in [2.24, 2.45) is 0 Å². The summed E-state index contributed by atoms with van der Waals surface area (Å²) < 4.78 is 1.72. The molecule has 0 aliphatic carbocycles. The topological polar surface area (TPSA) is 63.1 Å². The van der Waals surface area contributed by atoms with Crippen molar-refractivity contribution in [1.82, 2.24) is 25.2 Å². The molecule has 1 aliphatic rings. The minimum atomic E-state index is -0.0346. The third-order valence-corrected chi connectivity index (χ3v) is 4.36. The Kier molecular flexibility index (Phi) is 4.03. The van der Waals surface area contributed by atoms with E-state index in [0.29, 0.717) is 37.4 Å². The molecule has 0 bridgehead atoms. The van der Waals surface area contributed by atoms with Crippen molar-refractivity contribution < 1.29 is 4.79 Å². The molecule has 2 atom stereocenters. The number of nitrogens with zero attached hydrogens (tertiary/aromatic N) is 4. The Labute approximate surface area is 127 Å². The van der Waals surface area contributed by atoms with Crippen LogP contribution in [0.2, 0.25) is 0 Å². The molecule has 0 radical (unpaired) electrons. The fourth-order valence-corrected chi connectivity index (χ4v) is 3.39. The Bertz CT molecular complexity index is 599. The molecule has 1 N–H and O–H groups in total. The van der Waals surface area contributed by atoms with Gasteiger partial charge >= 0.3 is 0 Å². The maximum atomic E-state index is 12.5. The zero-order valence-electron chi connectivity index (χ0n) is 12.2. The Hall–Kier alpha value is -1.73. The number of piperazine rings is 1. The molecule has 3 heterocycles. The smallest absolute Gasteiger partial charge is 0.276 e. The molecular formula is C14H19N5OS. The van der Waals surface area contributed by atoms with Crippen LogP contribution in [0, 0.1) is 0 Å². The second-order valence-corrected chi connectivity index (χ2v) is 6.59. The summed E-state index contributed by atoms with van der Waals surface area (Å²) in [5.74, 6) is -0.0346. The van der Waals surface area contributed by atoms with Gasteiger partial charge in [-0.25, -0.2) is 4.68 Å². The van der Waals surface area contributed by atoms with Gasteiger partial charge in [0, 0.05) is 30.1 Å². The highest BCUT2D eigenvalue weighted by molar-refractivity contribution is 7.09. The first-order valence-electron chi connectivity index (χ1n) is 7.09. The van der Waals surface area contributed by atoms with Crippen molar-refractivity contribution in [1.29, 1.82) is 0 Å². The average molecular weight is 305 g/mol. The summed E-state index contributed by atoms with van der Waals surface area (Å²) in [5, 5.41) is 13.5. The Morgan fingerprint density at radius 2 is 2.19 bits per heavy atom. The quantitative estimate of drug-likeness (QED) is 0.926. The molecule has 7 heteroatoms. The van der Waals surface area contributed by atoms with E-state index >= 15 is 0 Å². The maximum absolute atomic E-state index is 12.5. The summed E-state index contributed by atoms with van der Waals surface area (Å²) in [4.78, 5) is 15.5. The molecule has 2 aromatic heterocycles. The van der Waals surface area contributed by atoms with Gasteiger partial charge in [0.15, 0.2) is 5.69 Å².